The fourth-order valence-corrected chi connectivity index (χ4v) is 1.75. The zero-order chi connectivity index (χ0) is 11.0. The number of aliphatic hydroxyl groups is 1. The first-order valence-corrected chi connectivity index (χ1v) is 4.99. The largest absolute Gasteiger partial charge is 0.508 e. The second-order valence-corrected chi connectivity index (χ2v) is 3.87. The van der Waals surface area contributed by atoms with Crippen LogP contribution in [0.3, 0.4) is 0 Å². The van der Waals surface area contributed by atoms with Gasteiger partial charge in [0.2, 0.25) is 0 Å². The molecule has 0 bridgehead atoms. The third-order valence-electron chi connectivity index (χ3n) is 2.13. The summed E-state index contributed by atoms with van der Waals surface area (Å²) in [5, 5.41) is 18.9. The van der Waals surface area contributed by atoms with Gasteiger partial charge in [0, 0.05) is 18.7 Å². The van der Waals surface area contributed by atoms with Crippen molar-refractivity contribution in [3.05, 3.63) is 29.3 Å². The highest BCUT2D eigenvalue weighted by molar-refractivity contribution is 6.32. The lowest BCUT2D eigenvalue weighted by Crippen LogP contribution is -2.07. The van der Waals surface area contributed by atoms with Crippen molar-refractivity contribution in [2.45, 2.75) is 19.4 Å². The third-order valence-corrected chi connectivity index (χ3v) is 2.41. The molecule has 2 N–H and O–H groups in total. The first kappa shape index (κ1) is 10.3. The van der Waals surface area contributed by atoms with Crippen LogP contribution in [0, 0.1) is 0 Å². The number of aromatic nitrogens is 2. The molecule has 0 aliphatic carbocycles. The number of imidazole rings is 1. The summed E-state index contributed by atoms with van der Waals surface area (Å²) in [7, 11) is 0. The molecule has 2 aromatic rings. The lowest BCUT2D eigenvalue weighted by Gasteiger charge is -2.03. The van der Waals surface area contributed by atoms with Gasteiger partial charge in [-0.15, -0.1) is 0 Å². The molecule has 15 heavy (non-hydrogen) atoms. The second-order valence-electron chi connectivity index (χ2n) is 3.51. The lowest BCUT2D eigenvalue weighted by molar-refractivity contribution is 0.192. The first-order chi connectivity index (χ1) is 7.08. The molecular formula is C10H11ClN2O2. The number of halogens is 1. The van der Waals surface area contributed by atoms with Crippen molar-refractivity contribution in [3.8, 4) is 5.75 Å². The van der Waals surface area contributed by atoms with Gasteiger partial charge in [-0.05, 0) is 13.0 Å². The molecule has 4 nitrogen and oxygen atoms in total. The molecule has 1 atom stereocenters. The van der Waals surface area contributed by atoms with Crippen LogP contribution in [0.1, 0.15) is 12.7 Å². The van der Waals surface area contributed by atoms with E-state index >= 15 is 0 Å². The molecule has 2 rings (SSSR count). The Morgan fingerprint density at radius 2 is 2.33 bits per heavy atom. The first-order valence-electron chi connectivity index (χ1n) is 4.61. The molecule has 0 amide bonds. The quantitative estimate of drug-likeness (QED) is 0.818. The van der Waals surface area contributed by atoms with E-state index in [4.69, 9.17) is 11.6 Å². The minimum atomic E-state index is -0.472. The Morgan fingerprint density at radius 1 is 1.60 bits per heavy atom. The molecule has 0 aliphatic heterocycles. The van der Waals surface area contributed by atoms with Gasteiger partial charge < -0.3 is 14.6 Å². The summed E-state index contributed by atoms with van der Waals surface area (Å²) in [5.74, 6) is 0.831. The molecule has 0 aromatic carbocycles. The predicted molar refractivity (Wildman–Crippen MR) is 57.3 cm³/mol. The summed E-state index contributed by atoms with van der Waals surface area (Å²) in [4.78, 5) is 4.13. The standard InChI is InChI=1S/C10H11ClN2O2/c1-6(14)4-9-12-10(11)8-5-7(15)2-3-13(8)9/h2-3,5-6,14-15H,4H2,1H3. The molecule has 80 valence electrons. The van der Waals surface area contributed by atoms with E-state index in [-0.39, 0.29) is 5.75 Å². The smallest absolute Gasteiger partial charge is 0.155 e. The van der Waals surface area contributed by atoms with Crippen molar-refractivity contribution in [1.82, 2.24) is 9.38 Å². The van der Waals surface area contributed by atoms with Crippen LogP contribution in [-0.4, -0.2) is 25.7 Å². The number of hydrogen-bond donors (Lipinski definition) is 2. The molecular weight excluding hydrogens is 216 g/mol. The number of fused-ring (bicyclic) bond motifs is 1. The van der Waals surface area contributed by atoms with Crippen LogP contribution in [0.15, 0.2) is 18.3 Å². The highest BCUT2D eigenvalue weighted by atomic mass is 35.5. The fourth-order valence-electron chi connectivity index (χ4n) is 1.51. The SMILES string of the molecule is CC(O)Cc1nc(Cl)c2cc(O)ccn12. The maximum absolute atomic E-state index is 9.30. The summed E-state index contributed by atoms with van der Waals surface area (Å²) < 4.78 is 1.76. The van der Waals surface area contributed by atoms with Crippen LogP contribution in [0.4, 0.5) is 0 Å². The predicted octanol–water partition coefficient (Wildman–Crippen LogP) is 1.62. The van der Waals surface area contributed by atoms with Crippen LogP contribution in [-0.2, 0) is 6.42 Å². The monoisotopic (exact) mass is 226 g/mol. The van der Waals surface area contributed by atoms with Crippen LogP contribution in [0.2, 0.25) is 5.15 Å². The number of aliphatic hydroxyl groups excluding tert-OH is 1. The van der Waals surface area contributed by atoms with Crippen molar-refractivity contribution in [1.29, 1.82) is 0 Å². The summed E-state index contributed by atoms with van der Waals surface area (Å²) in [6.45, 7) is 1.69. The zero-order valence-corrected chi connectivity index (χ0v) is 8.94. The minimum absolute atomic E-state index is 0.146. The van der Waals surface area contributed by atoms with Gasteiger partial charge in [-0.2, -0.15) is 0 Å². The van der Waals surface area contributed by atoms with Gasteiger partial charge in [-0.3, -0.25) is 0 Å². The molecule has 1 unspecified atom stereocenters. The molecule has 0 fully saturated rings. The van der Waals surface area contributed by atoms with E-state index in [2.05, 4.69) is 4.98 Å². The van der Waals surface area contributed by atoms with Crippen molar-refractivity contribution >= 4 is 17.1 Å². The Morgan fingerprint density at radius 3 is 3.00 bits per heavy atom. The molecule has 0 saturated carbocycles. The summed E-state index contributed by atoms with van der Waals surface area (Å²) in [6.07, 6.45) is 1.64. The van der Waals surface area contributed by atoms with Gasteiger partial charge in [0.1, 0.15) is 11.6 Å². The van der Waals surface area contributed by atoms with Gasteiger partial charge in [0.25, 0.3) is 0 Å². The van der Waals surface area contributed by atoms with E-state index in [0.29, 0.717) is 22.9 Å². The van der Waals surface area contributed by atoms with E-state index in [0.717, 1.165) is 0 Å². The van der Waals surface area contributed by atoms with Crippen molar-refractivity contribution < 1.29 is 10.2 Å². The maximum atomic E-state index is 9.30. The van der Waals surface area contributed by atoms with Gasteiger partial charge in [0.15, 0.2) is 5.15 Å². The van der Waals surface area contributed by atoms with Gasteiger partial charge in [0.05, 0.1) is 11.6 Å². The van der Waals surface area contributed by atoms with Crippen LogP contribution in [0.5, 0.6) is 5.75 Å². The van der Waals surface area contributed by atoms with Crippen molar-refractivity contribution in [3.63, 3.8) is 0 Å². The second kappa shape index (κ2) is 3.72. The Labute approximate surface area is 91.8 Å². The summed E-state index contributed by atoms with van der Waals surface area (Å²) in [6, 6.07) is 3.09. The van der Waals surface area contributed by atoms with Crippen LogP contribution < -0.4 is 0 Å². The topological polar surface area (TPSA) is 57.8 Å². The van der Waals surface area contributed by atoms with E-state index in [1.807, 2.05) is 0 Å². The number of hydrogen-bond acceptors (Lipinski definition) is 3. The highest BCUT2D eigenvalue weighted by Gasteiger charge is 2.11. The third kappa shape index (κ3) is 1.91. The van der Waals surface area contributed by atoms with E-state index in [1.54, 1.807) is 29.7 Å². The Bertz CT molecular complexity index is 493. The molecule has 2 aromatic heterocycles. The molecule has 5 heteroatoms. The summed E-state index contributed by atoms with van der Waals surface area (Å²) in [5.41, 5.74) is 0.646. The Balaban J connectivity index is 2.57. The zero-order valence-electron chi connectivity index (χ0n) is 8.18. The molecule has 0 saturated heterocycles. The van der Waals surface area contributed by atoms with Gasteiger partial charge in [-0.1, -0.05) is 11.6 Å². The maximum Gasteiger partial charge on any atom is 0.155 e. The van der Waals surface area contributed by atoms with Crippen molar-refractivity contribution in [2.24, 2.45) is 0 Å². The van der Waals surface area contributed by atoms with E-state index in [9.17, 15) is 10.2 Å². The average Bonchev–Trinajstić information content (AvgIpc) is 2.42. The van der Waals surface area contributed by atoms with Crippen LogP contribution >= 0.6 is 11.6 Å². The van der Waals surface area contributed by atoms with Gasteiger partial charge >= 0.3 is 0 Å². The minimum Gasteiger partial charge on any atom is -0.508 e. The van der Waals surface area contributed by atoms with Gasteiger partial charge in [-0.25, -0.2) is 4.98 Å². The van der Waals surface area contributed by atoms with E-state index in [1.165, 1.54) is 0 Å². The number of pyridine rings is 1. The Hall–Kier alpha value is -1.26. The highest BCUT2D eigenvalue weighted by Crippen LogP contribution is 2.22. The molecule has 0 aliphatic rings. The molecule has 0 spiro atoms. The number of aromatic hydroxyl groups is 1. The number of rotatable bonds is 2. The Kier molecular flexibility index (Phi) is 2.54. The molecule has 0 radical (unpaired) electrons. The van der Waals surface area contributed by atoms with Crippen LogP contribution in [0.25, 0.3) is 5.52 Å². The summed E-state index contributed by atoms with van der Waals surface area (Å²) >= 11 is 5.91. The fraction of sp³-hybridized carbons (Fsp3) is 0.300. The lowest BCUT2D eigenvalue weighted by atomic mass is 10.3. The van der Waals surface area contributed by atoms with Crippen molar-refractivity contribution in [2.75, 3.05) is 0 Å². The van der Waals surface area contributed by atoms with E-state index < -0.39 is 6.10 Å². The molecule has 2 heterocycles. The number of nitrogens with zero attached hydrogens (tertiary/aromatic N) is 2. The normalized spacial score (nSPS) is 13.3. The average molecular weight is 227 g/mol.